The molecule has 10 amide bonds. The van der Waals surface area contributed by atoms with Crippen LogP contribution < -0.4 is 68.0 Å². The number of methoxy groups -OCH3 is 1. The molecule has 3 unspecified atom stereocenters. The molecule has 4 aliphatic heterocycles. The summed E-state index contributed by atoms with van der Waals surface area (Å²) in [5.74, 6) is -2.88. The zero-order chi connectivity index (χ0) is 84.9. The van der Waals surface area contributed by atoms with Crippen molar-refractivity contribution in [2.24, 2.45) is 11.7 Å². The first-order valence-corrected chi connectivity index (χ1v) is 43.3. The second-order valence-electron chi connectivity index (χ2n) is 30.0. The predicted molar refractivity (Wildman–Crippen MR) is 436 cm³/mol. The van der Waals surface area contributed by atoms with Crippen molar-refractivity contribution in [2.75, 3.05) is 96.6 Å². The number of nitrogens with one attached hydrogen (secondary N) is 9. The summed E-state index contributed by atoms with van der Waals surface area (Å²) in [6, 6.07) is 9.95. The number of ether oxygens (including phenoxy) is 4. The molecule has 4 heterocycles. The Morgan fingerprint density at radius 2 is 1.33 bits per heavy atom. The van der Waals surface area contributed by atoms with Gasteiger partial charge in [0.2, 0.25) is 52.9 Å². The Labute approximate surface area is 682 Å². The van der Waals surface area contributed by atoms with Crippen molar-refractivity contribution in [3.8, 4) is 11.5 Å². The summed E-state index contributed by atoms with van der Waals surface area (Å²) in [7, 11) is -7.55. The van der Waals surface area contributed by atoms with E-state index in [1.165, 1.54) is 43.5 Å². The van der Waals surface area contributed by atoms with Crippen LogP contribution >= 0.6 is 11.8 Å². The third-order valence-corrected chi connectivity index (χ3v) is 23.9. The predicted octanol–water partition coefficient (Wildman–Crippen LogP) is 6.17. The number of hydrogen-bond donors (Lipinski definition) is 12. The first-order chi connectivity index (χ1) is 55.0. The van der Waals surface area contributed by atoms with Gasteiger partial charge in [-0.25, -0.2) is 4.79 Å². The number of rotatable bonds is 51. The SMILES string of the molecule is CCN1/C(=C/C=C/C=C/C2=[N+](CCCCCC(=O)NCCCC[C@H](C)C(=O)NCC(=O)NC(C)c3cc(OC)c(OCCCC(=O)NCCOCCOCC(=O)N[C@@H](CCCCNC(=O)CCCC[C@H]4SCC5NC(=O)NC54)C(=O)NCC(N)=O)cc3[N+](=O)[O-])c3ccc(S(=O)(=O)O)cc3C2(C)C)C(C)(C)c2cc(S(=O)(=O)O)ccc21. The summed E-state index contributed by atoms with van der Waals surface area (Å²) in [5, 5.41) is 37.4. The topological polar surface area (TPSA) is 483 Å². The number of unbranched alkanes of at least 4 members (excludes halogenated alkanes) is 5. The van der Waals surface area contributed by atoms with E-state index in [4.69, 9.17) is 24.7 Å². The molecule has 7 rings (SSSR count). The number of anilines is 1. The van der Waals surface area contributed by atoms with E-state index in [1.807, 2.05) is 76.8 Å². The number of likely N-dealkylation sites (N-methyl/N-ethyl adjacent to an activating group) is 1. The van der Waals surface area contributed by atoms with Crippen molar-refractivity contribution in [3.05, 3.63) is 111 Å². The summed E-state index contributed by atoms with van der Waals surface area (Å²) in [6.07, 6.45) is 17.9. The first kappa shape index (κ1) is 93.6. The molecule has 116 heavy (non-hydrogen) atoms. The zero-order valence-corrected chi connectivity index (χ0v) is 69.7. The minimum atomic E-state index is -4.49. The van der Waals surface area contributed by atoms with E-state index in [0.717, 1.165) is 52.5 Å². The van der Waals surface area contributed by atoms with E-state index in [-0.39, 0.29) is 133 Å². The van der Waals surface area contributed by atoms with Crippen LogP contribution in [0.2, 0.25) is 0 Å². The molecule has 0 saturated carbocycles. The number of hydrogen-bond acceptors (Lipinski definition) is 21. The van der Waals surface area contributed by atoms with Gasteiger partial charge in [-0.15, -0.1) is 0 Å². The van der Waals surface area contributed by atoms with Gasteiger partial charge in [-0.05, 0) is 140 Å². The molecule has 0 spiro atoms. The number of carbonyl (C=O) groups excluding carboxylic acids is 9. The van der Waals surface area contributed by atoms with Crippen LogP contribution in [0.3, 0.4) is 0 Å². The molecule has 0 bridgehead atoms. The Morgan fingerprint density at radius 3 is 1.99 bits per heavy atom. The van der Waals surface area contributed by atoms with Crippen LogP contribution in [0.1, 0.15) is 174 Å². The average Bonchev–Trinajstić information content (AvgIpc) is 1.59. The molecule has 3 aromatic carbocycles. The van der Waals surface area contributed by atoms with Crippen LogP contribution in [0.5, 0.6) is 11.5 Å². The fraction of sp³-hybridized carbons (Fsp3) is 0.570. The molecule has 0 aliphatic carbocycles. The maximum atomic E-state index is 13.1. The van der Waals surface area contributed by atoms with Gasteiger partial charge in [0.1, 0.15) is 19.2 Å². The van der Waals surface area contributed by atoms with E-state index in [1.54, 1.807) is 26.0 Å². The zero-order valence-electron chi connectivity index (χ0n) is 67.3. The third kappa shape index (κ3) is 27.8. The fourth-order valence-electron chi connectivity index (χ4n) is 14.4. The van der Waals surface area contributed by atoms with Crippen LogP contribution in [0.25, 0.3) is 0 Å². The highest BCUT2D eigenvalue weighted by Crippen LogP contribution is 2.49. The Kier molecular flexibility index (Phi) is 36.1. The lowest BCUT2D eigenvalue weighted by Crippen LogP contribution is -2.49. The monoisotopic (exact) mass is 1680 g/mol. The molecule has 2 saturated heterocycles. The minimum Gasteiger partial charge on any atom is -0.493 e. The number of nitro groups is 1. The maximum absolute atomic E-state index is 13.1. The summed E-state index contributed by atoms with van der Waals surface area (Å²) >= 11 is 1.83. The highest BCUT2D eigenvalue weighted by atomic mass is 32.2. The lowest BCUT2D eigenvalue weighted by molar-refractivity contribution is -0.438. The van der Waals surface area contributed by atoms with Crippen molar-refractivity contribution < 1.29 is 97.5 Å². The van der Waals surface area contributed by atoms with Crippen molar-refractivity contribution in [1.29, 1.82) is 0 Å². The van der Waals surface area contributed by atoms with Gasteiger partial charge in [0.05, 0.1) is 96.5 Å². The largest absolute Gasteiger partial charge is 0.493 e. The molecule has 34 nitrogen and oxygen atoms in total. The van der Waals surface area contributed by atoms with E-state index < -0.39 is 97.3 Å². The minimum absolute atomic E-state index is 0.0134. The summed E-state index contributed by atoms with van der Waals surface area (Å²) in [6.45, 7) is 14.3. The van der Waals surface area contributed by atoms with Crippen molar-refractivity contribution in [1.82, 2.24) is 47.9 Å². The van der Waals surface area contributed by atoms with Gasteiger partial charge in [0, 0.05) is 103 Å². The van der Waals surface area contributed by atoms with Gasteiger partial charge >= 0.3 is 6.03 Å². The number of primary amides is 1. The highest BCUT2D eigenvalue weighted by Gasteiger charge is 2.46. The Bertz CT molecular complexity index is 4380. The van der Waals surface area contributed by atoms with Crippen LogP contribution in [-0.4, -0.2) is 210 Å². The number of nitrogens with two attached hydrogens (primary N) is 1. The lowest BCUT2D eigenvalue weighted by Gasteiger charge is -2.25. The fourth-order valence-corrected chi connectivity index (χ4v) is 17.0. The smallest absolute Gasteiger partial charge is 0.315 e. The van der Waals surface area contributed by atoms with Crippen molar-refractivity contribution in [2.45, 2.75) is 201 Å². The van der Waals surface area contributed by atoms with E-state index in [0.29, 0.717) is 95.6 Å². The highest BCUT2D eigenvalue weighted by molar-refractivity contribution is 8.00. The summed E-state index contributed by atoms with van der Waals surface area (Å²) in [5.41, 5.74) is 8.62. The molecule has 3 aromatic rings. The number of fused-ring (bicyclic) bond motifs is 3. The number of urea groups is 1. The number of thioether (sulfide) groups is 1. The first-order valence-electron chi connectivity index (χ1n) is 39.3. The number of benzene rings is 3. The van der Waals surface area contributed by atoms with Gasteiger partial charge in [0.25, 0.3) is 25.9 Å². The maximum Gasteiger partial charge on any atom is 0.315 e. The Morgan fingerprint density at radius 1 is 0.690 bits per heavy atom. The molecule has 2 fully saturated rings. The molecule has 4 aliphatic rings. The number of nitro benzene ring substituents is 1. The number of allylic oxidation sites excluding steroid dienone is 6. The molecule has 37 heteroatoms. The number of amides is 10. The van der Waals surface area contributed by atoms with E-state index in [2.05, 4.69) is 57.3 Å². The molecule has 0 aromatic heterocycles. The van der Waals surface area contributed by atoms with Crippen LogP contribution in [0.4, 0.5) is 21.9 Å². The van der Waals surface area contributed by atoms with E-state index >= 15 is 0 Å². The van der Waals surface area contributed by atoms with Gasteiger partial charge in [-0.2, -0.15) is 33.2 Å². The molecule has 0 radical (unpaired) electrons. The average molecular weight is 1680 g/mol. The van der Waals surface area contributed by atoms with Crippen LogP contribution in [0, 0.1) is 16.0 Å². The molecular weight excluding hydrogens is 1560 g/mol. The van der Waals surface area contributed by atoms with Crippen LogP contribution in [-0.2, 0) is 78.9 Å². The van der Waals surface area contributed by atoms with Crippen molar-refractivity contribution in [3.63, 3.8) is 0 Å². The van der Waals surface area contributed by atoms with Gasteiger partial charge in [0.15, 0.2) is 17.2 Å². The third-order valence-electron chi connectivity index (χ3n) is 20.7. The quantitative estimate of drug-likeness (QED) is 0.00571. The lowest BCUT2D eigenvalue weighted by atomic mass is 9.81. The Hall–Kier alpha value is -9.53. The second-order valence-corrected chi connectivity index (χ2v) is 34.1. The standard InChI is InChI=1S/C79H113N13O21S3/c1-9-90-60-33-31-53(115(104,105)106)43-56(60)78(4,5)66(90)26-12-10-13-27-67-79(6,7)57-44-54(116(107,108)109)32-34-61(57)91(67)38-21-11-14-28-69(94)81-35-19-17-23-51(2)75(99)85-48-72(97)86-52(3)55-45-63(110-8)64(46-62(55)92(102)103)113-39-22-30-71(96)83-37-40-111-41-42-112-49-73(98)87-58(76(100)84-47-68(80)93)24-18-20-36-82-70(95)29-16-15-25-65-74-59(50-114-65)88-77(101)89-74/h10,12-13,26-27,31-34,43-46,51-52,58-59,65,74H,9,11,14-25,28-30,35-42,47-50H2,1-8H3,(H12-,80,81,82,83,84,85,86,87,88,89,93,94,95,96,97,98,99,100,101,104,105,106,107,108,109)/p+1/t51-,52?,58-,59?,65+,74?/m0/s1. The summed E-state index contributed by atoms with van der Waals surface area (Å²) < 4.78 is 92.6. The van der Waals surface area contributed by atoms with Gasteiger partial charge < -0.3 is 77.4 Å². The van der Waals surface area contributed by atoms with Gasteiger partial charge in [-0.3, -0.25) is 57.6 Å². The molecule has 638 valence electrons. The molecule has 6 atom stereocenters. The number of carbonyl (C=O) groups is 9. The van der Waals surface area contributed by atoms with Crippen molar-refractivity contribution >= 4 is 108 Å². The molecular formula is C79H114N13O21S3+. The van der Waals surface area contributed by atoms with Gasteiger partial charge in [-0.1, -0.05) is 51.8 Å². The van der Waals surface area contributed by atoms with E-state index in [9.17, 15) is 79.2 Å². The molecule has 13 N–H and O–H groups in total. The Balaban J connectivity index is 0.731. The number of nitrogens with zero attached hydrogens (tertiary/aromatic N) is 3. The normalized spacial score (nSPS) is 17.7. The summed E-state index contributed by atoms with van der Waals surface area (Å²) in [4.78, 5) is 126. The second kappa shape index (κ2) is 44.7. The van der Waals surface area contributed by atoms with Crippen LogP contribution in [0.15, 0.2) is 94.4 Å².